The van der Waals surface area contributed by atoms with E-state index in [9.17, 15) is 15.0 Å². The van der Waals surface area contributed by atoms with Gasteiger partial charge >= 0.3 is 0 Å². The van der Waals surface area contributed by atoms with E-state index in [2.05, 4.69) is 5.73 Å². The average Bonchev–Trinajstić information content (AvgIpc) is 2.90. The molecule has 4 aromatic carbocycles. The summed E-state index contributed by atoms with van der Waals surface area (Å²) in [5.74, 6) is -1.12. The highest BCUT2D eigenvalue weighted by atomic mass is 16.4. The maximum Gasteiger partial charge on any atom is 0.140 e. The number of rotatable bonds is 5. The largest absolute Gasteiger partial charge is 0.545 e. The summed E-state index contributed by atoms with van der Waals surface area (Å²) < 4.78 is 0. The van der Waals surface area contributed by atoms with Crippen molar-refractivity contribution in [3.63, 3.8) is 0 Å². The van der Waals surface area contributed by atoms with Crippen LogP contribution in [-0.2, 0) is 0 Å². The van der Waals surface area contributed by atoms with Gasteiger partial charge in [-0.25, -0.2) is 0 Å². The molecule has 0 bridgehead atoms. The smallest absolute Gasteiger partial charge is 0.140 e. The molecule has 0 saturated heterocycles. The van der Waals surface area contributed by atoms with Crippen molar-refractivity contribution in [3.05, 3.63) is 143 Å². The van der Waals surface area contributed by atoms with E-state index in [1.165, 1.54) is 17.7 Å². The van der Waals surface area contributed by atoms with Crippen LogP contribution < -0.4 is 10.8 Å². The Morgan fingerprint density at radius 1 is 0.667 bits per heavy atom. The zero-order chi connectivity index (χ0) is 26.5. The molecular weight excluding hydrogens is 450 g/mol. The van der Waals surface area contributed by atoms with Crippen LogP contribution in [0.4, 0.5) is 0 Å². The number of aryl methyl sites for hydroxylation is 2. The third-order valence-electron chi connectivity index (χ3n) is 5.60. The normalized spacial score (nSPS) is 12.6. The molecule has 36 heavy (non-hydrogen) atoms. The molecular formula is C31H35NO4. The van der Waals surface area contributed by atoms with Crippen molar-refractivity contribution >= 4 is 5.97 Å². The molecule has 0 amide bonds. The van der Waals surface area contributed by atoms with Gasteiger partial charge in [0.05, 0.1) is 12.1 Å². The van der Waals surface area contributed by atoms with E-state index in [4.69, 9.17) is 5.11 Å². The minimum absolute atomic E-state index is 0.136. The second-order valence-corrected chi connectivity index (χ2v) is 8.61. The minimum Gasteiger partial charge on any atom is -0.545 e. The fourth-order valence-corrected chi connectivity index (χ4v) is 3.30. The Morgan fingerprint density at radius 2 is 1.08 bits per heavy atom. The predicted octanol–water partition coefficient (Wildman–Crippen LogP) is 4.11. The monoisotopic (exact) mass is 485 g/mol. The van der Waals surface area contributed by atoms with Gasteiger partial charge in [0.25, 0.3) is 0 Å². The van der Waals surface area contributed by atoms with E-state index in [0.717, 1.165) is 22.3 Å². The molecule has 0 fully saturated rings. The van der Waals surface area contributed by atoms with Crippen LogP contribution in [0.1, 0.15) is 63.3 Å². The number of aliphatic hydroxyl groups excluding tert-OH is 2. The first kappa shape index (κ1) is 28.5. The molecule has 0 aliphatic heterocycles. The Labute approximate surface area is 213 Å². The maximum absolute atomic E-state index is 10.2. The van der Waals surface area contributed by atoms with E-state index < -0.39 is 12.1 Å². The van der Waals surface area contributed by atoms with Crippen LogP contribution in [0.2, 0.25) is 0 Å². The summed E-state index contributed by atoms with van der Waals surface area (Å²) in [5.41, 5.74) is 9.48. The molecule has 4 rings (SSSR count). The number of aromatic carboxylic acids is 1. The standard InChI is InChI=1S/C14H15NO.C9H12O.C8H8O2/c15-13(11-7-3-1-4-8-11)14(16)12-9-5-2-6-10-12;1-7-3-5-9(6-4-7)8(2)10;1-6-2-4-7(5-3-6)8(9)10/h1-10,13-14,16H,15H2;3-6,8,10H,1-2H3;2-5H,1H3,(H,9,10)/t13-,14+;8-;/m11./s1. The number of hydrogen-bond donors (Lipinski definition) is 3. The van der Waals surface area contributed by atoms with Crippen LogP contribution in [-0.4, -0.2) is 16.2 Å². The highest BCUT2D eigenvalue weighted by Crippen LogP contribution is 2.24. The second-order valence-electron chi connectivity index (χ2n) is 8.61. The predicted molar refractivity (Wildman–Crippen MR) is 141 cm³/mol. The quantitative estimate of drug-likeness (QED) is 0.395. The fraction of sp³-hybridized carbons (Fsp3) is 0.194. The van der Waals surface area contributed by atoms with Crippen LogP contribution in [0.15, 0.2) is 109 Å². The van der Waals surface area contributed by atoms with Gasteiger partial charge in [-0.1, -0.05) is 120 Å². The maximum atomic E-state index is 10.2. The first-order chi connectivity index (χ1) is 17.2. The molecule has 0 aliphatic rings. The third kappa shape index (κ3) is 9.47. The van der Waals surface area contributed by atoms with Gasteiger partial charge in [0.1, 0.15) is 12.1 Å². The van der Waals surface area contributed by atoms with Crippen molar-refractivity contribution in [3.8, 4) is 0 Å². The number of benzene rings is 4. The Kier molecular flexibility index (Phi) is 11.5. The highest BCUT2D eigenvalue weighted by Gasteiger charge is 2.21. The molecule has 0 saturated carbocycles. The first-order valence-electron chi connectivity index (χ1n) is 11.8. The molecule has 4 aromatic rings. The van der Waals surface area contributed by atoms with Gasteiger partial charge in [0.2, 0.25) is 0 Å². The lowest BCUT2D eigenvalue weighted by molar-refractivity contribution is -0.446. The van der Waals surface area contributed by atoms with Gasteiger partial charge in [-0.3, -0.25) is 0 Å². The molecule has 0 heterocycles. The SMILES string of the molecule is Cc1ccc(C(=O)[O-])cc1.Cc1ccc([C@@H](C)O)cc1.[NH3+][C@H](c1ccccc1)[C@@H](O)c1ccccc1. The van der Waals surface area contributed by atoms with Crippen LogP contribution in [0, 0.1) is 13.8 Å². The first-order valence-corrected chi connectivity index (χ1v) is 11.8. The average molecular weight is 486 g/mol. The van der Waals surface area contributed by atoms with Crippen molar-refractivity contribution in [1.82, 2.24) is 0 Å². The van der Waals surface area contributed by atoms with Crippen molar-refractivity contribution in [2.45, 2.75) is 39.0 Å². The Hall–Kier alpha value is -3.77. The molecule has 188 valence electrons. The molecule has 5 nitrogen and oxygen atoms in total. The van der Waals surface area contributed by atoms with E-state index >= 15 is 0 Å². The number of carboxylic acid groups (broad SMARTS) is 1. The summed E-state index contributed by atoms with van der Waals surface area (Å²) in [4.78, 5) is 10.2. The number of quaternary nitrogens is 1. The lowest BCUT2D eigenvalue weighted by Gasteiger charge is -2.16. The second kappa shape index (κ2) is 14.6. The number of carboxylic acids is 1. The van der Waals surface area contributed by atoms with Crippen LogP contribution in [0.25, 0.3) is 0 Å². The van der Waals surface area contributed by atoms with Gasteiger partial charge in [-0.15, -0.1) is 0 Å². The summed E-state index contributed by atoms with van der Waals surface area (Å²) in [5, 5.41) is 29.5. The third-order valence-corrected chi connectivity index (χ3v) is 5.60. The summed E-state index contributed by atoms with van der Waals surface area (Å²) in [6.45, 7) is 5.70. The van der Waals surface area contributed by atoms with E-state index in [-0.39, 0.29) is 17.7 Å². The number of aliphatic hydroxyl groups is 2. The molecule has 5 N–H and O–H groups in total. The van der Waals surface area contributed by atoms with Crippen molar-refractivity contribution in [2.75, 3.05) is 0 Å². The lowest BCUT2D eigenvalue weighted by atomic mass is 9.97. The van der Waals surface area contributed by atoms with Gasteiger partial charge in [0, 0.05) is 5.56 Å². The Balaban J connectivity index is 0.000000200. The van der Waals surface area contributed by atoms with Crippen LogP contribution >= 0.6 is 0 Å². The van der Waals surface area contributed by atoms with Gasteiger partial charge < -0.3 is 25.8 Å². The van der Waals surface area contributed by atoms with Crippen molar-refractivity contribution in [1.29, 1.82) is 0 Å². The molecule has 0 aliphatic carbocycles. The minimum atomic E-state index is -1.12. The molecule has 0 unspecified atom stereocenters. The Morgan fingerprint density at radius 3 is 1.50 bits per heavy atom. The highest BCUT2D eigenvalue weighted by molar-refractivity contribution is 5.85. The summed E-state index contributed by atoms with van der Waals surface area (Å²) in [7, 11) is 0. The van der Waals surface area contributed by atoms with Crippen LogP contribution in [0.5, 0.6) is 0 Å². The van der Waals surface area contributed by atoms with Crippen molar-refractivity contribution in [2.24, 2.45) is 0 Å². The summed E-state index contributed by atoms with van der Waals surface area (Å²) >= 11 is 0. The molecule has 0 aromatic heterocycles. The molecule has 0 radical (unpaired) electrons. The van der Waals surface area contributed by atoms with Gasteiger partial charge in [-0.05, 0) is 37.5 Å². The summed E-state index contributed by atoms with van der Waals surface area (Å²) in [6, 6.07) is 33.8. The van der Waals surface area contributed by atoms with Crippen molar-refractivity contribution < 1.29 is 25.8 Å². The topological polar surface area (TPSA) is 108 Å². The Bertz CT molecular complexity index is 1120. The van der Waals surface area contributed by atoms with Gasteiger partial charge in [0.15, 0.2) is 0 Å². The summed E-state index contributed by atoms with van der Waals surface area (Å²) in [6.07, 6.45) is -0.899. The van der Waals surface area contributed by atoms with E-state index in [1.54, 1.807) is 19.1 Å². The molecule has 5 heteroatoms. The fourth-order valence-electron chi connectivity index (χ4n) is 3.30. The number of hydrogen-bond acceptors (Lipinski definition) is 4. The molecule has 3 atom stereocenters. The molecule has 0 spiro atoms. The number of carbonyl (C=O) groups is 1. The van der Waals surface area contributed by atoms with Crippen LogP contribution in [0.3, 0.4) is 0 Å². The zero-order valence-corrected chi connectivity index (χ0v) is 21.0. The lowest BCUT2D eigenvalue weighted by Crippen LogP contribution is -2.56. The zero-order valence-electron chi connectivity index (χ0n) is 21.0. The number of carbonyl (C=O) groups excluding carboxylic acids is 1. The van der Waals surface area contributed by atoms with Gasteiger partial charge in [-0.2, -0.15) is 0 Å². The van der Waals surface area contributed by atoms with E-state index in [1.807, 2.05) is 98.8 Å². The van der Waals surface area contributed by atoms with E-state index in [0.29, 0.717) is 0 Å².